The highest BCUT2D eigenvalue weighted by molar-refractivity contribution is 5.69. The molecule has 0 saturated heterocycles. The summed E-state index contributed by atoms with van der Waals surface area (Å²) < 4.78 is 11.0. The van der Waals surface area contributed by atoms with Crippen LogP contribution in [0.4, 0.5) is 0 Å². The van der Waals surface area contributed by atoms with E-state index in [4.69, 9.17) is 9.47 Å². The SMILES string of the molecule is CCC/C=C\CCCCCCCC(=O)OC(CO)COCCCCCCCCCCCCC. The molecule has 0 aromatic carbocycles. The zero-order valence-electron chi connectivity index (χ0n) is 22.2. The summed E-state index contributed by atoms with van der Waals surface area (Å²) in [7, 11) is 0. The Morgan fingerprint density at radius 2 is 1.24 bits per heavy atom. The third kappa shape index (κ3) is 25.6. The topological polar surface area (TPSA) is 55.8 Å². The highest BCUT2D eigenvalue weighted by Gasteiger charge is 2.13. The molecule has 0 rings (SSSR count). The van der Waals surface area contributed by atoms with Gasteiger partial charge in [0.05, 0.1) is 13.2 Å². The molecule has 1 atom stereocenters. The summed E-state index contributed by atoms with van der Waals surface area (Å²) in [6, 6.07) is 0. The standard InChI is InChI=1S/C29H56O4/c1-3-5-7-9-11-13-15-17-19-21-23-25-32-27-28(26-30)33-29(31)24-22-20-18-16-14-12-10-8-6-4-2/h8,10,28,30H,3-7,9,11-27H2,1-2H3/b10-8-. The quantitative estimate of drug-likeness (QED) is 0.0787. The Kier molecular flexibility index (Phi) is 26.7. The molecule has 33 heavy (non-hydrogen) atoms. The predicted molar refractivity (Wildman–Crippen MR) is 141 cm³/mol. The maximum Gasteiger partial charge on any atom is 0.306 e. The average Bonchev–Trinajstić information content (AvgIpc) is 2.82. The van der Waals surface area contributed by atoms with Crippen molar-refractivity contribution in [1.82, 2.24) is 0 Å². The Morgan fingerprint density at radius 1 is 0.697 bits per heavy atom. The molecule has 4 nitrogen and oxygen atoms in total. The fourth-order valence-electron chi connectivity index (χ4n) is 3.92. The molecule has 0 aliphatic heterocycles. The van der Waals surface area contributed by atoms with Gasteiger partial charge in [-0.1, -0.05) is 116 Å². The van der Waals surface area contributed by atoms with Gasteiger partial charge in [0.15, 0.2) is 0 Å². The Bertz CT molecular complexity index is 422. The summed E-state index contributed by atoms with van der Waals surface area (Å²) in [6.45, 7) is 5.27. The van der Waals surface area contributed by atoms with E-state index in [2.05, 4.69) is 26.0 Å². The molecule has 0 aliphatic carbocycles. The number of esters is 1. The highest BCUT2D eigenvalue weighted by Crippen LogP contribution is 2.12. The molecule has 0 fully saturated rings. The molecule has 0 aromatic heterocycles. The van der Waals surface area contributed by atoms with E-state index in [0.29, 0.717) is 19.6 Å². The van der Waals surface area contributed by atoms with Crippen LogP contribution < -0.4 is 0 Å². The van der Waals surface area contributed by atoms with Crippen LogP contribution in [0.3, 0.4) is 0 Å². The molecule has 0 amide bonds. The maximum atomic E-state index is 12.0. The fraction of sp³-hybridized carbons (Fsp3) is 0.897. The van der Waals surface area contributed by atoms with Gasteiger partial charge in [-0.25, -0.2) is 0 Å². The second-order valence-corrected chi connectivity index (χ2v) is 9.47. The molecular formula is C29H56O4. The van der Waals surface area contributed by atoms with Crippen molar-refractivity contribution in [3.05, 3.63) is 12.2 Å². The van der Waals surface area contributed by atoms with Crippen molar-refractivity contribution in [2.24, 2.45) is 0 Å². The average molecular weight is 469 g/mol. The minimum absolute atomic E-state index is 0.171. The number of hydrogen-bond acceptors (Lipinski definition) is 4. The van der Waals surface area contributed by atoms with Crippen LogP contribution in [0.15, 0.2) is 12.2 Å². The van der Waals surface area contributed by atoms with Gasteiger partial charge in [0, 0.05) is 13.0 Å². The lowest BCUT2D eigenvalue weighted by Crippen LogP contribution is -2.27. The minimum atomic E-state index is -0.528. The second kappa shape index (κ2) is 27.4. The fourth-order valence-corrected chi connectivity index (χ4v) is 3.92. The van der Waals surface area contributed by atoms with E-state index < -0.39 is 6.10 Å². The largest absolute Gasteiger partial charge is 0.457 e. The molecule has 196 valence electrons. The van der Waals surface area contributed by atoms with E-state index in [9.17, 15) is 9.90 Å². The summed E-state index contributed by atoms with van der Waals surface area (Å²) in [6.07, 6.45) is 28.0. The smallest absolute Gasteiger partial charge is 0.306 e. The van der Waals surface area contributed by atoms with Gasteiger partial charge in [-0.05, 0) is 32.1 Å². The number of carbonyl (C=O) groups is 1. The zero-order chi connectivity index (χ0) is 24.2. The van der Waals surface area contributed by atoms with Crippen LogP contribution in [0, 0.1) is 0 Å². The van der Waals surface area contributed by atoms with E-state index in [1.165, 1.54) is 103 Å². The van der Waals surface area contributed by atoms with Gasteiger partial charge in [0.25, 0.3) is 0 Å². The van der Waals surface area contributed by atoms with E-state index in [1.54, 1.807) is 0 Å². The first kappa shape index (κ1) is 32.1. The first-order valence-electron chi connectivity index (χ1n) is 14.3. The number of carbonyl (C=O) groups excluding carboxylic acids is 1. The summed E-state index contributed by atoms with van der Waals surface area (Å²) in [4.78, 5) is 12.0. The molecule has 1 unspecified atom stereocenters. The van der Waals surface area contributed by atoms with Crippen molar-refractivity contribution < 1.29 is 19.4 Å². The van der Waals surface area contributed by atoms with Crippen LogP contribution in [0.5, 0.6) is 0 Å². The van der Waals surface area contributed by atoms with Crippen LogP contribution in [0.1, 0.15) is 142 Å². The van der Waals surface area contributed by atoms with E-state index in [0.717, 1.165) is 19.3 Å². The van der Waals surface area contributed by atoms with E-state index in [-0.39, 0.29) is 12.6 Å². The van der Waals surface area contributed by atoms with Crippen molar-refractivity contribution in [1.29, 1.82) is 0 Å². The van der Waals surface area contributed by atoms with Crippen molar-refractivity contribution >= 4 is 5.97 Å². The number of hydrogen-bond donors (Lipinski definition) is 1. The first-order valence-corrected chi connectivity index (χ1v) is 14.3. The second-order valence-electron chi connectivity index (χ2n) is 9.47. The summed E-state index contributed by atoms with van der Waals surface area (Å²) >= 11 is 0. The minimum Gasteiger partial charge on any atom is -0.457 e. The molecule has 0 radical (unpaired) electrons. The third-order valence-corrected chi connectivity index (χ3v) is 6.07. The zero-order valence-corrected chi connectivity index (χ0v) is 22.2. The number of allylic oxidation sites excluding steroid dienone is 2. The Labute approximate surface area is 205 Å². The molecule has 0 heterocycles. The third-order valence-electron chi connectivity index (χ3n) is 6.07. The van der Waals surface area contributed by atoms with Gasteiger partial charge >= 0.3 is 5.97 Å². The van der Waals surface area contributed by atoms with Gasteiger partial charge in [0.1, 0.15) is 6.10 Å². The van der Waals surface area contributed by atoms with E-state index >= 15 is 0 Å². The lowest BCUT2D eigenvalue weighted by atomic mass is 10.1. The monoisotopic (exact) mass is 468 g/mol. The molecule has 0 saturated carbocycles. The van der Waals surface area contributed by atoms with Crippen LogP contribution in [-0.4, -0.2) is 37.0 Å². The van der Waals surface area contributed by atoms with Crippen LogP contribution in [-0.2, 0) is 14.3 Å². The lowest BCUT2D eigenvalue weighted by molar-refractivity contribution is -0.154. The van der Waals surface area contributed by atoms with E-state index in [1.807, 2.05) is 0 Å². The predicted octanol–water partition coefficient (Wildman–Crippen LogP) is 8.31. The van der Waals surface area contributed by atoms with Gasteiger partial charge in [-0.15, -0.1) is 0 Å². The normalized spacial score (nSPS) is 12.5. The van der Waals surface area contributed by atoms with Gasteiger partial charge in [0.2, 0.25) is 0 Å². The molecule has 4 heteroatoms. The van der Waals surface area contributed by atoms with Crippen LogP contribution in [0.25, 0.3) is 0 Å². The maximum absolute atomic E-state index is 12.0. The number of rotatable bonds is 26. The van der Waals surface area contributed by atoms with Crippen molar-refractivity contribution in [2.45, 2.75) is 148 Å². The van der Waals surface area contributed by atoms with Gasteiger partial charge in [-0.3, -0.25) is 4.79 Å². The van der Waals surface area contributed by atoms with Gasteiger partial charge in [-0.2, -0.15) is 0 Å². The summed E-state index contributed by atoms with van der Waals surface area (Å²) in [5, 5.41) is 9.45. The molecule has 0 bridgehead atoms. The van der Waals surface area contributed by atoms with Crippen molar-refractivity contribution in [3.8, 4) is 0 Å². The highest BCUT2D eigenvalue weighted by atomic mass is 16.6. The Hall–Kier alpha value is -0.870. The lowest BCUT2D eigenvalue weighted by Gasteiger charge is -2.15. The summed E-state index contributed by atoms with van der Waals surface area (Å²) in [5.41, 5.74) is 0. The number of aliphatic hydroxyl groups is 1. The van der Waals surface area contributed by atoms with Crippen LogP contribution >= 0.6 is 0 Å². The van der Waals surface area contributed by atoms with Crippen molar-refractivity contribution in [2.75, 3.05) is 19.8 Å². The Balaban J connectivity index is 3.46. The van der Waals surface area contributed by atoms with Crippen molar-refractivity contribution in [3.63, 3.8) is 0 Å². The van der Waals surface area contributed by atoms with Crippen LogP contribution in [0.2, 0.25) is 0 Å². The van der Waals surface area contributed by atoms with Gasteiger partial charge < -0.3 is 14.6 Å². The molecular weight excluding hydrogens is 412 g/mol. The first-order chi connectivity index (χ1) is 16.2. The number of unbranched alkanes of at least 4 members (excludes halogenated alkanes) is 16. The molecule has 0 aliphatic rings. The molecule has 1 N–H and O–H groups in total. The molecule has 0 aromatic rings. The Morgan fingerprint density at radius 3 is 1.85 bits per heavy atom. The summed E-state index contributed by atoms with van der Waals surface area (Å²) in [5.74, 6) is -0.213. The number of aliphatic hydroxyl groups excluding tert-OH is 1. The number of ether oxygens (including phenoxy) is 2. The molecule has 0 spiro atoms.